The number of nitrogens with one attached hydrogen (secondary N) is 2. The molecule has 0 aliphatic rings. The van der Waals surface area contributed by atoms with Gasteiger partial charge in [-0.1, -0.05) is 12.1 Å². The monoisotopic (exact) mass is 338 g/mol. The van der Waals surface area contributed by atoms with Gasteiger partial charge < -0.3 is 10.3 Å². The van der Waals surface area contributed by atoms with E-state index in [0.717, 1.165) is 28.1 Å². The Labute approximate surface area is 142 Å². The van der Waals surface area contributed by atoms with Crippen LogP contribution in [0, 0.1) is 5.82 Å². The summed E-state index contributed by atoms with van der Waals surface area (Å²) in [4.78, 5) is 13.1. The van der Waals surface area contributed by atoms with Crippen LogP contribution in [0.15, 0.2) is 55.0 Å². The third-order valence-electron chi connectivity index (χ3n) is 3.81. The van der Waals surface area contributed by atoms with Crippen molar-refractivity contribution in [3.63, 3.8) is 0 Å². The van der Waals surface area contributed by atoms with E-state index < -0.39 is 0 Å². The predicted molar refractivity (Wildman–Crippen MR) is 94.7 cm³/mol. The van der Waals surface area contributed by atoms with Gasteiger partial charge in [-0.2, -0.15) is 0 Å². The molecule has 0 spiro atoms. The summed E-state index contributed by atoms with van der Waals surface area (Å²) >= 11 is 1.63. The van der Waals surface area contributed by atoms with Gasteiger partial charge in [0, 0.05) is 41.8 Å². The van der Waals surface area contributed by atoms with Crippen molar-refractivity contribution >= 4 is 27.5 Å². The lowest BCUT2D eigenvalue weighted by Gasteiger charge is -2.02. The SMILES string of the molecule is Fc1ccc(CNc2ncc(Cc3c[nH]c4ncccc34)s2)cc1. The molecule has 0 aliphatic carbocycles. The first-order valence-electron chi connectivity index (χ1n) is 7.62. The van der Waals surface area contributed by atoms with E-state index in [1.807, 2.05) is 18.5 Å². The van der Waals surface area contributed by atoms with Crippen molar-refractivity contribution in [2.75, 3.05) is 5.32 Å². The van der Waals surface area contributed by atoms with Crippen LogP contribution in [0.2, 0.25) is 0 Å². The van der Waals surface area contributed by atoms with Gasteiger partial charge in [0.15, 0.2) is 5.13 Å². The molecule has 0 unspecified atom stereocenters. The third-order valence-corrected chi connectivity index (χ3v) is 4.77. The number of rotatable bonds is 5. The molecule has 0 amide bonds. The standard InChI is InChI=1S/C18H15FN4S/c19-14-5-3-12(4-6-14)9-22-18-23-11-15(24-18)8-13-10-21-17-16(13)2-1-7-20-17/h1-7,10-11H,8-9H2,(H,20,21)(H,22,23). The van der Waals surface area contributed by atoms with E-state index in [9.17, 15) is 4.39 Å². The van der Waals surface area contributed by atoms with Gasteiger partial charge in [-0.05, 0) is 35.4 Å². The van der Waals surface area contributed by atoms with Gasteiger partial charge in [0.25, 0.3) is 0 Å². The first kappa shape index (κ1) is 14.8. The Kier molecular flexibility index (Phi) is 3.96. The number of hydrogen-bond acceptors (Lipinski definition) is 4. The van der Waals surface area contributed by atoms with Gasteiger partial charge in [-0.25, -0.2) is 14.4 Å². The fourth-order valence-corrected chi connectivity index (χ4v) is 3.43. The second-order valence-corrected chi connectivity index (χ2v) is 6.62. The van der Waals surface area contributed by atoms with Crippen molar-refractivity contribution in [1.82, 2.24) is 15.0 Å². The number of aromatic amines is 1. The highest BCUT2D eigenvalue weighted by Gasteiger charge is 2.08. The van der Waals surface area contributed by atoms with E-state index in [2.05, 4.69) is 26.3 Å². The first-order chi connectivity index (χ1) is 11.8. The lowest BCUT2D eigenvalue weighted by atomic mass is 10.1. The highest BCUT2D eigenvalue weighted by Crippen LogP contribution is 2.25. The maximum Gasteiger partial charge on any atom is 0.183 e. The minimum atomic E-state index is -0.219. The molecule has 4 rings (SSSR count). The quantitative estimate of drug-likeness (QED) is 0.568. The molecule has 3 heterocycles. The molecule has 2 N–H and O–H groups in total. The van der Waals surface area contributed by atoms with Crippen LogP contribution in [0.1, 0.15) is 16.0 Å². The maximum atomic E-state index is 12.9. The molecule has 0 bridgehead atoms. The number of hydrogen-bond donors (Lipinski definition) is 2. The number of halogens is 1. The van der Waals surface area contributed by atoms with Gasteiger partial charge in [-0.15, -0.1) is 11.3 Å². The second kappa shape index (κ2) is 6.41. The number of thiazole rings is 1. The van der Waals surface area contributed by atoms with Crippen LogP contribution < -0.4 is 5.32 Å². The van der Waals surface area contributed by atoms with Crippen molar-refractivity contribution in [2.24, 2.45) is 0 Å². The molecule has 0 atom stereocenters. The maximum absolute atomic E-state index is 12.9. The Morgan fingerprint density at radius 2 is 2.00 bits per heavy atom. The summed E-state index contributed by atoms with van der Waals surface area (Å²) in [7, 11) is 0. The summed E-state index contributed by atoms with van der Waals surface area (Å²) in [6.07, 6.45) is 6.50. The molecule has 120 valence electrons. The number of anilines is 1. The molecule has 24 heavy (non-hydrogen) atoms. The van der Waals surface area contributed by atoms with Crippen LogP contribution in [-0.2, 0) is 13.0 Å². The molecule has 0 saturated carbocycles. The van der Waals surface area contributed by atoms with E-state index >= 15 is 0 Å². The summed E-state index contributed by atoms with van der Waals surface area (Å²) in [5.41, 5.74) is 3.15. The molecule has 3 aromatic heterocycles. The highest BCUT2D eigenvalue weighted by molar-refractivity contribution is 7.15. The van der Waals surface area contributed by atoms with E-state index in [1.165, 1.54) is 22.6 Å². The number of pyridine rings is 1. The Bertz CT molecular complexity index is 958. The fraction of sp³-hybridized carbons (Fsp3) is 0.111. The zero-order valence-electron chi connectivity index (χ0n) is 12.8. The van der Waals surface area contributed by atoms with Gasteiger partial charge in [-0.3, -0.25) is 0 Å². The van der Waals surface area contributed by atoms with Gasteiger partial charge >= 0.3 is 0 Å². The second-order valence-electron chi connectivity index (χ2n) is 5.50. The predicted octanol–water partition coefficient (Wildman–Crippen LogP) is 4.36. The van der Waals surface area contributed by atoms with E-state index in [-0.39, 0.29) is 5.82 Å². The molecule has 0 saturated heterocycles. The topological polar surface area (TPSA) is 53.6 Å². The molecular formula is C18H15FN4S. The molecule has 6 heteroatoms. The average molecular weight is 338 g/mol. The Morgan fingerprint density at radius 1 is 1.12 bits per heavy atom. The molecule has 1 aromatic carbocycles. The van der Waals surface area contributed by atoms with E-state index in [1.54, 1.807) is 29.7 Å². The van der Waals surface area contributed by atoms with Crippen molar-refractivity contribution in [1.29, 1.82) is 0 Å². The third kappa shape index (κ3) is 3.14. The highest BCUT2D eigenvalue weighted by atomic mass is 32.1. The Balaban J connectivity index is 1.44. The smallest absolute Gasteiger partial charge is 0.183 e. The number of aromatic nitrogens is 3. The fourth-order valence-electron chi connectivity index (χ4n) is 2.60. The summed E-state index contributed by atoms with van der Waals surface area (Å²) < 4.78 is 12.9. The summed E-state index contributed by atoms with van der Waals surface area (Å²) in [5, 5.41) is 5.30. The van der Waals surface area contributed by atoms with Crippen LogP contribution in [0.3, 0.4) is 0 Å². The van der Waals surface area contributed by atoms with Crippen LogP contribution >= 0.6 is 11.3 Å². The van der Waals surface area contributed by atoms with Crippen LogP contribution in [0.5, 0.6) is 0 Å². The first-order valence-corrected chi connectivity index (χ1v) is 8.43. The van der Waals surface area contributed by atoms with Crippen molar-refractivity contribution in [2.45, 2.75) is 13.0 Å². The summed E-state index contributed by atoms with van der Waals surface area (Å²) in [6, 6.07) is 10.5. The van der Waals surface area contributed by atoms with E-state index in [0.29, 0.717) is 6.54 Å². The average Bonchev–Trinajstić information content (AvgIpc) is 3.22. The molecular weight excluding hydrogens is 323 g/mol. The lowest BCUT2D eigenvalue weighted by Crippen LogP contribution is -1.98. The number of benzene rings is 1. The Morgan fingerprint density at radius 3 is 2.88 bits per heavy atom. The molecule has 0 aliphatic heterocycles. The van der Waals surface area contributed by atoms with Gasteiger partial charge in [0.1, 0.15) is 11.5 Å². The normalized spacial score (nSPS) is 11.0. The zero-order valence-corrected chi connectivity index (χ0v) is 13.6. The van der Waals surface area contributed by atoms with Gasteiger partial charge in [0.05, 0.1) is 0 Å². The van der Waals surface area contributed by atoms with Crippen LogP contribution in [0.25, 0.3) is 11.0 Å². The zero-order chi connectivity index (χ0) is 16.4. The van der Waals surface area contributed by atoms with Crippen molar-refractivity contribution in [3.05, 3.63) is 76.8 Å². The Hall–Kier alpha value is -2.73. The number of nitrogens with zero attached hydrogens (tertiary/aromatic N) is 2. The minimum Gasteiger partial charge on any atom is -0.357 e. The van der Waals surface area contributed by atoms with Crippen LogP contribution in [-0.4, -0.2) is 15.0 Å². The molecule has 0 fully saturated rings. The van der Waals surface area contributed by atoms with Crippen LogP contribution in [0.4, 0.5) is 9.52 Å². The number of H-pyrrole nitrogens is 1. The van der Waals surface area contributed by atoms with E-state index in [4.69, 9.17) is 0 Å². The van der Waals surface area contributed by atoms with Gasteiger partial charge in [0.2, 0.25) is 0 Å². The largest absolute Gasteiger partial charge is 0.357 e. The number of fused-ring (bicyclic) bond motifs is 1. The molecule has 0 radical (unpaired) electrons. The minimum absolute atomic E-state index is 0.219. The van der Waals surface area contributed by atoms with Crippen molar-refractivity contribution < 1.29 is 4.39 Å². The molecule has 4 nitrogen and oxygen atoms in total. The summed E-state index contributed by atoms with van der Waals surface area (Å²) in [6.45, 7) is 0.629. The lowest BCUT2D eigenvalue weighted by molar-refractivity contribution is 0.627. The summed E-state index contributed by atoms with van der Waals surface area (Å²) in [5.74, 6) is -0.219. The van der Waals surface area contributed by atoms with Crippen molar-refractivity contribution in [3.8, 4) is 0 Å². The molecule has 4 aromatic rings.